The van der Waals surface area contributed by atoms with E-state index >= 15 is 0 Å². The molecule has 7 heteroatoms. The Bertz CT molecular complexity index is 364. The molecule has 2 aliphatic heterocycles. The van der Waals surface area contributed by atoms with Crippen molar-refractivity contribution in [3.05, 3.63) is 0 Å². The Balaban J connectivity index is 1.75. The molecule has 0 bridgehead atoms. The van der Waals surface area contributed by atoms with Crippen LogP contribution in [0.2, 0.25) is 0 Å². The lowest BCUT2D eigenvalue weighted by molar-refractivity contribution is -0.0268. The fourth-order valence-corrected chi connectivity index (χ4v) is 5.73. The van der Waals surface area contributed by atoms with Crippen molar-refractivity contribution in [3.8, 4) is 0 Å². The van der Waals surface area contributed by atoms with Gasteiger partial charge in [0.1, 0.15) is 6.10 Å². The van der Waals surface area contributed by atoms with Gasteiger partial charge in [-0.25, -0.2) is 0 Å². The van der Waals surface area contributed by atoms with E-state index in [0.717, 1.165) is 18.0 Å². The van der Waals surface area contributed by atoms with E-state index in [1.54, 1.807) is 30.6 Å². The average molecular weight is 290 g/mol. The van der Waals surface area contributed by atoms with Crippen molar-refractivity contribution in [1.82, 2.24) is 5.32 Å². The highest BCUT2D eigenvalue weighted by Crippen LogP contribution is 2.47. The molecule has 3 rings (SSSR count). The minimum absolute atomic E-state index is 0.112. The Morgan fingerprint density at radius 1 is 1.33 bits per heavy atom. The van der Waals surface area contributed by atoms with Gasteiger partial charge in [-0.2, -0.15) is 0 Å². The molecule has 6 atom stereocenters. The predicted octanol–water partition coefficient (Wildman–Crippen LogP) is -0.389. The maximum atomic E-state index is 10.2. The lowest BCUT2D eigenvalue weighted by atomic mass is 9.98. The maximum Gasteiger partial charge on any atom is 0.157 e. The van der Waals surface area contributed by atoms with E-state index in [0.29, 0.717) is 5.92 Å². The SMILES string of the molecule is CN=C1N[C@H]2[C@@H](S1)S[C@H]([C@@H](O)C1CC1)[C@@H](O)[C@@H]2O. The van der Waals surface area contributed by atoms with Crippen molar-refractivity contribution in [3.63, 3.8) is 0 Å². The van der Waals surface area contributed by atoms with Gasteiger partial charge in [-0.05, 0) is 18.8 Å². The third-order valence-electron chi connectivity index (χ3n) is 3.80. The lowest BCUT2D eigenvalue weighted by Gasteiger charge is -2.40. The zero-order chi connectivity index (χ0) is 12.9. The van der Waals surface area contributed by atoms with Crippen LogP contribution in [0, 0.1) is 5.92 Å². The first-order valence-electron chi connectivity index (χ1n) is 6.21. The summed E-state index contributed by atoms with van der Waals surface area (Å²) in [4.78, 5) is 4.09. The van der Waals surface area contributed by atoms with Crippen LogP contribution in [-0.2, 0) is 0 Å². The maximum absolute atomic E-state index is 10.2. The third-order valence-corrected chi connectivity index (χ3v) is 6.91. The molecule has 3 aliphatic rings. The predicted molar refractivity (Wildman–Crippen MR) is 73.8 cm³/mol. The van der Waals surface area contributed by atoms with Gasteiger partial charge in [-0.1, -0.05) is 11.8 Å². The van der Waals surface area contributed by atoms with Crippen molar-refractivity contribution in [1.29, 1.82) is 0 Å². The number of fused-ring (bicyclic) bond motifs is 1. The number of aliphatic imine (C=N–C) groups is 1. The second kappa shape index (κ2) is 4.86. The minimum atomic E-state index is -0.879. The van der Waals surface area contributed by atoms with Gasteiger partial charge in [0.05, 0.1) is 28.1 Å². The van der Waals surface area contributed by atoms with Crippen LogP contribution in [0.4, 0.5) is 0 Å². The van der Waals surface area contributed by atoms with Crippen LogP contribution in [-0.4, -0.2) is 61.7 Å². The number of nitrogens with one attached hydrogen (secondary N) is 1. The molecule has 0 aromatic rings. The average Bonchev–Trinajstić information content (AvgIpc) is 3.13. The van der Waals surface area contributed by atoms with Crippen molar-refractivity contribution < 1.29 is 15.3 Å². The van der Waals surface area contributed by atoms with E-state index in [1.807, 2.05) is 0 Å². The van der Waals surface area contributed by atoms with E-state index < -0.39 is 18.3 Å². The van der Waals surface area contributed by atoms with E-state index in [-0.39, 0.29) is 15.9 Å². The first-order chi connectivity index (χ1) is 8.61. The highest BCUT2D eigenvalue weighted by atomic mass is 32.2. The van der Waals surface area contributed by atoms with Crippen LogP contribution in [0.15, 0.2) is 4.99 Å². The molecule has 3 fully saturated rings. The van der Waals surface area contributed by atoms with Crippen LogP contribution in [0.5, 0.6) is 0 Å². The molecule has 0 aromatic heterocycles. The summed E-state index contributed by atoms with van der Waals surface area (Å²) in [7, 11) is 1.71. The van der Waals surface area contributed by atoms with E-state index in [2.05, 4.69) is 10.3 Å². The number of hydrogen-bond donors (Lipinski definition) is 4. The quantitative estimate of drug-likeness (QED) is 0.554. The van der Waals surface area contributed by atoms with Crippen molar-refractivity contribution in [2.24, 2.45) is 10.9 Å². The summed E-state index contributed by atoms with van der Waals surface area (Å²) in [5.74, 6) is 0.305. The monoisotopic (exact) mass is 290 g/mol. The third kappa shape index (κ3) is 2.16. The van der Waals surface area contributed by atoms with Gasteiger partial charge in [0.15, 0.2) is 5.17 Å². The molecule has 5 nitrogen and oxygen atoms in total. The second-order valence-corrected chi connectivity index (χ2v) is 7.85. The van der Waals surface area contributed by atoms with Gasteiger partial charge in [0, 0.05) is 7.05 Å². The summed E-state index contributed by atoms with van der Waals surface area (Å²) in [6.45, 7) is 0. The van der Waals surface area contributed by atoms with Gasteiger partial charge >= 0.3 is 0 Å². The van der Waals surface area contributed by atoms with Crippen LogP contribution < -0.4 is 5.32 Å². The summed E-state index contributed by atoms with van der Waals surface area (Å²) in [5.41, 5.74) is 0. The molecule has 0 spiro atoms. The highest BCUT2D eigenvalue weighted by molar-refractivity contribution is 8.25. The Kier molecular flexibility index (Phi) is 3.53. The number of hydrogen-bond acceptors (Lipinski definition) is 6. The van der Waals surface area contributed by atoms with Gasteiger partial charge in [0.25, 0.3) is 0 Å². The standard InChI is InChI=1S/C11H18N2O3S2/c1-12-11-13-5-7(15)8(16)9(17-10(5)18-11)6(14)4-2-3-4/h4-10,14-16H,2-3H2,1H3,(H,12,13)/t5-,6+,7-,8+,9-,10-/m1/s1. The number of rotatable bonds is 2. The van der Waals surface area contributed by atoms with Crippen molar-refractivity contribution in [2.75, 3.05) is 7.05 Å². The number of thioether (sulfide) groups is 2. The largest absolute Gasteiger partial charge is 0.392 e. The lowest BCUT2D eigenvalue weighted by Crippen LogP contribution is -2.58. The molecule has 4 N–H and O–H groups in total. The number of aliphatic hydroxyl groups excluding tert-OH is 3. The normalized spacial score (nSPS) is 47.8. The van der Waals surface area contributed by atoms with Gasteiger partial charge < -0.3 is 20.6 Å². The molecular weight excluding hydrogens is 272 g/mol. The molecule has 2 saturated heterocycles. The zero-order valence-electron chi connectivity index (χ0n) is 10.1. The Morgan fingerprint density at radius 3 is 2.67 bits per heavy atom. The first kappa shape index (κ1) is 13.1. The van der Waals surface area contributed by atoms with Crippen LogP contribution in [0.25, 0.3) is 0 Å². The number of aliphatic hydroxyl groups is 3. The summed E-state index contributed by atoms with van der Waals surface area (Å²) in [5, 5.41) is 34.2. The molecule has 1 saturated carbocycles. The summed E-state index contributed by atoms with van der Waals surface area (Å²) < 4.78 is 0.112. The van der Waals surface area contributed by atoms with E-state index in [1.165, 1.54) is 0 Å². The smallest absolute Gasteiger partial charge is 0.157 e. The fraction of sp³-hybridized carbons (Fsp3) is 0.909. The van der Waals surface area contributed by atoms with Crippen LogP contribution >= 0.6 is 23.5 Å². The highest BCUT2D eigenvalue weighted by Gasteiger charge is 2.52. The number of nitrogens with zero attached hydrogens (tertiary/aromatic N) is 1. The molecule has 0 aromatic carbocycles. The van der Waals surface area contributed by atoms with Crippen LogP contribution in [0.3, 0.4) is 0 Å². The molecule has 1 aliphatic carbocycles. The second-order valence-electron chi connectivity index (χ2n) is 5.10. The van der Waals surface area contributed by atoms with E-state index in [9.17, 15) is 15.3 Å². The minimum Gasteiger partial charge on any atom is -0.392 e. The molecule has 0 unspecified atom stereocenters. The fourth-order valence-electron chi connectivity index (χ4n) is 2.53. The zero-order valence-corrected chi connectivity index (χ0v) is 11.7. The number of amidine groups is 1. The van der Waals surface area contributed by atoms with Gasteiger partial charge in [-0.3, -0.25) is 4.99 Å². The molecular formula is C11H18N2O3S2. The summed E-state index contributed by atoms with van der Waals surface area (Å²) in [6, 6.07) is -0.184. The van der Waals surface area contributed by atoms with Crippen LogP contribution in [0.1, 0.15) is 12.8 Å². The van der Waals surface area contributed by atoms with Gasteiger partial charge in [0.2, 0.25) is 0 Å². The molecule has 0 amide bonds. The summed E-state index contributed by atoms with van der Waals surface area (Å²) >= 11 is 3.14. The Labute approximate surface area is 114 Å². The molecule has 0 radical (unpaired) electrons. The Hall–Kier alpha value is 0.0500. The topological polar surface area (TPSA) is 85.1 Å². The van der Waals surface area contributed by atoms with E-state index in [4.69, 9.17) is 0 Å². The summed E-state index contributed by atoms with van der Waals surface area (Å²) in [6.07, 6.45) is -0.175. The van der Waals surface area contributed by atoms with Gasteiger partial charge in [-0.15, -0.1) is 11.8 Å². The Morgan fingerprint density at radius 2 is 2.06 bits per heavy atom. The van der Waals surface area contributed by atoms with Crippen molar-refractivity contribution in [2.45, 2.75) is 47.0 Å². The molecule has 18 heavy (non-hydrogen) atoms. The van der Waals surface area contributed by atoms with Crippen molar-refractivity contribution >= 4 is 28.7 Å². The molecule has 2 heterocycles. The molecule has 102 valence electrons. The first-order valence-corrected chi connectivity index (χ1v) is 8.03.